The van der Waals surface area contributed by atoms with E-state index in [-0.39, 0.29) is 16.9 Å². The van der Waals surface area contributed by atoms with Crippen LogP contribution >= 0.6 is 11.6 Å². The lowest BCUT2D eigenvalue weighted by Crippen LogP contribution is -2.17. The lowest BCUT2D eigenvalue weighted by atomic mass is 9.98. The molecule has 134 valence electrons. The van der Waals surface area contributed by atoms with Crippen molar-refractivity contribution in [3.63, 3.8) is 0 Å². The Morgan fingerprint density at radius 2 is 2.00 bits per heavy atom. The molecule has 0 radical (unpaired) electrons. The van der Waals surface area contributed by atoms with Crippen molar-refractivity contribution in [3.8, 4) is 5.75 Å². The lowest BCUT2D eigenvalue weighted by Gasteiger charge is -2.16. The van der Waals surface area contributed by atoms with Crippen LogP contribution in [0.1, 0.15) is 35.6 Å². The molecule has 1 aliphatic carbocycles. The molecule has 1 aliphatic rings. The second-order valence-electron chi connectivity index (χ2n) is 6.35. The van der Waals surface area contributed by atoms with E-state index in [1.54, 1.807) is 13.2 Å². The Morgan fingerprint density at radius 1 is 1.23 bits per heavy atom. The van der Waals surface area contributed by atoms with E-state index < -0.39 is 0 Å². The molecule has 3 rings (SSSR count). The Labute approximate surface area is 157 Å². The van der Waals surface area contributed by atoms with Gasteiger partial charge in [0.25, 0.3) is 0 Å². The number of methoxy groups -OCH3 is 1. The van der Waals surface area contributed by atoms with E-state index >= 15 is 0 Å². The normalized spacial score (nSPS) is 15.1. The fourth-order valence-electron chi connectivity index (χ4n) is 2.72. The van der Waals surface area contributed by atoms with Gasteiger partial charge in [-0.25, -0.2) is 9.98 Å². The zero-order chi connectivity index (χ0) is 18.8. The minimum atomic E-state index is -0.279. The van der Waals surface area contributed by atoms with Gasteiger partial charge in [-0.05, 0) is 51.1 Å². The van der Waals surface area contributed by atoms with Crippen LogP contribution in [0, 0.1) is 6.92 Å². The molecule has 0 atom stereocenters. The molecule has 1 N–H and O–H groups in total. The van der Waals surface area contributed by atoms with E-state index in [4.69, 9.17) is 16.3 Å². The number of nitrogens with one attached hydrogen (secondary N) is 1. The molecule has 6 heteroatoms. The molecule has 0 fully saturated rings. The van der Waals surface area contributed by atoms with Gasteiger partial charge in [-0.1, -0.05) is 11.6 Å². The van der Waals surface area contributed by atoms with Crippen LogP contribution in [0.4, 0.5) is 11.4 Å². The molecule has 0 bridgehead atoms. The number of carbonyl (C=O) groups is 1. The number of anilines is 1. The van der Waals surface area contributed by atoms with E-state index in [1.807, 2.05) is 37.3 Å². The van der Waals surface area contributed by atoms with Crippen molar-refractivity contribution in [2.24, 2.45) is 4.99 Å². The molecule has 0 amide bonds. The third-order valence-electron chi connectivity index (χ3n) is 3.88. The summed E-state index contributed by atoms with van der Waals surface area (Å²) >= 11 is 6.11. The number of nitrogens with zero attached hydrogens (tertiary/aromatic N) is 2. The third kappa shape index (κ3) is 3.63. The summed E-state index contributed by atoms with van der Waals surface area (Å²) in [7, 11) is 1.62. The highest BCUT2D eigenvalue weighted by Crippen LogP contribution is 2.31. The van der Waals surface area contributed by atoms with E-state index in [0.717, 1.165) is 11.4 Å². The van der Waals surface area contributed by atoms with Crippen LogP contribution in [0.25, 0.3) is 0 Å². The minimum Gasteiger partial charge on any atom is -0.495 e. The average molecular weight is 370 g/mol. The molecule has 26 heavy (non-hydrogen) atoms. The van der Waals surface area contributed by atoms with Crippen LogP contribution in [0.3, 0.4) is 0 Å². The number of rotatable bonds is 4. The fraction of sp³-hybridized carbons (Fsp3) is 0.250. The molecule has 0 aliphatic heterocycles. The Morgan fingerprint density at radius 3 is 2.69 bits per heavy atom. The smallest absolute Gasteiger partial charge is 0.223 e. The summed E-state index contributed by atoms with van der Waals surface area (Å²) in [5.74, 6) is 0.420. The third-order valence-corrected chi connectivity index (χ3v) is 4.17. The molecule has 1 aromatic heterocycles. The molecular weight excluding hydrogens is 350 g/mol. The van der Waals surface area contributed by atoms with E-state index in [9.17, 15) is 4.79 Å². The molecule has 2 aromatic rings. The number of Topliss-reactive ketones (excluding diaryl/α,β-unsaturated/α-hetero) is 1. The standard InChI is InChI=1S/C20H20ClN3O2/c1-11(2)22-16-8-6-13(9-18(16)26-4)24-17-10-15(21)20(25)19-14(17)7-5-12(3)23-19/h5-11,22H,1-4H3. The average Bonchev–Trinajstić information content (AvgIpc) is 2.60. The fourth-order valence-corrected chi connectivity index (χ4v) is 2.92. The van der Waals surface area contributed by atoms with E-state index in [1.165, 1.54) is 0 Å². The second-order valence-corrected chi connectivity index (χ2v) is 6.76. The van der Waals surface area contributed by atoms with Gasteiger partial charge in [-0.3, -0.25) is 4.79 Å². The first-order chi connectivity index (χ1) is 12.4. The van der Waals surface area contributed by atoms with Crippen LogP contribution in [0.15, 0.2) is 46.4 Å². The highest BCUT2D eigenvalue weighted by atomic mass is 35.5. The Kier molecular flexibility index (Phi) is 5.09. The predicted molar refractivity (Wildman–Crippen MR) is 105 cm³/mol. The largest absolute Gasteiger partial charge is 0.495 e. The van der Waals surface area contributed by atoms with Crippen molar-refractivity contribution in [1.82, 2.24) is 4.98 Å². The molecule has 0 saturated heterocycles. The number of ether oxygens (including phenoxy) is 1. The molecule has 0 spiro atoms. The predicted octanol–water partition coefficient (Wildman–Crippen LogP) is 4.66. The SMILES string of the molecule is COc1cc(N=C2C=C(Cl)C(=O)c3nc(C)ccc32)ccc1NC(C)C. The second kappa shape index (κ2) is 7.30. The first-order valence-electron chi connectivity index (χ1n) is 8.32. The number of fused-ring (bicyclic) bond motifs is 1. The van der Waals surface area contributed by atoms with Crippen molar-refractivity contribution in [2.45, 2.75) is 26.8 Å². The number of allylic oxidation sites excluding steroid dienone is 2. The Bertz CT molecular complexity index is 933. The summed E-state index contributed by atoms with van der Waals surface area (Å²) in [5, 5.41) is 3.44. The summed E-state index contributed by atoms with van der Waals surface area (Å²) < 4.78 is 5.46. The summed E-state index contributed by atoms with van der Waals surface area (Å²) in [6, 6.07) is 9.64. The van der Waals surface area contributed by atoms with Crippen molar-refractivity contribution < 1.29 is 9.53 Å². The van der Waals surface area contributed by atoms with Gasteiger partial charge in [0, 0.05) is 23.4 Å². The van der Waals surface area contributed by atoms with Crippen LogP contribution in [0.2, 0.25) is 0 Å². The maximum atomic E-state index is 12.3. The number of ketones is 1. The van der Waals surface area contributed by atoms with Gasteiger partial charge in [0.15, 0.2) is 0 Å². The Hall–Kier alpha value is -2.66. The highest BCUT2D eigenvalue weighted by molar-refractivity contribution is 6.49. The molecule has 1 heterocycles. The van der Waals surface area contributed by atoms with Crippen LogP contribution in [-0.4, -0.2) is 29.6 Å². The number of carbonyl (C=O) groups excluding carboxylic acids is 1. The lowest BCUT2D eigenvalue weighted by molar-refractivity contribution is 0.103. The van der Waals surface area contributed by atoms with Gasteiger partial charge in [0.1, 0.15) is 11.4 Å². The summed E-state index contributed by atoms with van der Waals surface area (Å²) in [4.78, 5) is 21.3. The highest BCUT2D eigenvalue weighted by Gasteiger charge is 2.25. The summed E-state index contributed by atoms with van der Waals surface area (Å²) in [5.41, 5.74) is 3.97. The minimum absolute atomic E-state index is 0.111. The van der Waals surface area contributed by atoms with Gasteiger partial charge in [0.2, 0.25) is 5.78 Å². The molecular formula is C20H20ClN3O2. The van der Waals surface area contributed by atoms with Crippen molar-refractivity contribution in [1.29, 1.82) is 0 Å². The van der Waals surface area contributed by atoms with Gasteiger partial charge in [-0.2, -0.15) is 0 Å². The quantitative estimate of drug-likeness (QED) is 0.851. The first kappa shape index (κ1) is 18.1. The van der Waals surface area contributed by atoms with Gasteiger partial charge >= 0.3 is 0 Å². The van der Waals surface area contributed by atoms with Gasteiger partial charge < -0.3 is 10.1 Å². The number of benzene rings is 1. The van der Waals surface area contributed by atoms with E-state index in [0.29, 0.717) is 28.4 Å². The summed E-state index contributed by atoms with van der Waals surface area (Å²) in [6.45, 7) is 5.96. The molecule has 1 aromatic carbocycles. The monoisotopic (exact) mass is 369 g/mol. The van der Waals surface area contributed by atoms with Crippen LogP contribution in [0.5, 0.6) is 5.75 Å². The van der Waals surface area contributed by atoms with Crippen molar-refractivity contribution in [3.05, 3.63) is 58.4 Å². The maximum Gasteiger partial charge on any atom is 0.223 e. The number of halogens is 1. The van der Waals surface area contributed by atoms with Gasteiger partial charge in [-0.15, -0.1) is 0 Å². The zero-order valence-corrected chi connectivity index (χ0v) is 15.9. The van der Waals surface area contributed by atoms with Gasteiger partial charge in [0.05, 0.1) is 29.2 Å². The Balaban J connectivity index is 2.06. The van der Waals surface area contributed by atoms with Crippen LogP contribution in [-0.2, 0) is 0 Å². The number of hydrogen-bond donors (Lipinski definition) is 1. The first-order valence-corrected chi connectivity index (χ1v) is 8.70. The number of hydrogen-bond acceptors (Lipinski definition) is 5. The van der Waals surface area contributed by atoms with E-state index in [2.05, 4.69) is 29.1 Å². The number of aliphatic imine (C=N–C) groups is 1. The summed E-state index contributed by atoms with van der Waals surface area (Å²) in [6.07, 6.45) is 1.58. The molecule has 0 unspecified atom stereocenters. The number of aryl methyl sites for hydroxylation is 1. The number of pyridine rings is 1. The van der Waals surface area contributed by atoms with Crippen LogP contribution < -0.4 is 10.1 Å². The molecule has 5 nitrogen and oxygen atoms in total. The molecule has 0 saturated carbocycles. The van der Waals surface area contributed by atoms with Crippen molar-refractivity contribution >= 4 is 34.5 Å². The zero-order valence-electron chi connectivity index (χ0n) is 15.1. The topological polar surface area (TPSA) is 63.6 Å². The maximum absolute atomic E-state index is 12.3. The van der Waals surface area contributed by atoms with Crippen molar-refractivity contribution in [2.75, 3.05) is 12.4 Å². The number of aromatic nitrogens is 1.